The number of nitrogens with one attached hydrogen (secondary N) is 1. The first-order valence-electron chi connectivity index (χ1n) is 4.23. The molecule has 0 radical (unpaired) electrons. The van der Waals surface area contributed by atoms with Crippen LogP contribution >= 0.6 is 11.8 Å². The molecule has 1 aromatic carbocycles. The summed E-state index contributed by atoms with van der Waals surface area (Å²) in [6, 6.07) is 8.28. The Morgan fingerprint density at radius 2 is 2.08 bits per heavy atom. The standard InChI is InChI=1S/C10H11NOS/c1-7-2-4-8(5-3-7)10-11-9(12)6-13-10/h2-5,10H,6H2,1H3,(H,11,12)/t10-/m1/s1. The lowest BCUT2D eigenvalue weighted by Crippen LogP contribution is -2.18. The Hall–Kier alpha value is -0.960. The van der Waals surface area contributed by atoms with E-state index >= 15 is 0 Å². The number of thioether (sulfide) groups is 1. The van der Waals surface area contributed by atoms with E-state index in [0.29, 0.717) is 5.75 Å². The lowest BCUT2D eigenvalue weighted by molar-refractivity contribution is -0.118. The Kier molecular flexibility index (Phi) is 2.27. The second-order valence-corrected chi connectivity index (χ2v) is 4.26. The number of carbonyl (C=O) groups excluding carboxylic acids is 1. The van der Waals surface area contributed by atoms with E-state index < -0.39 is 0 Å². The highest BCUT2D eigenvalue weighted by atomic mass is 32.2. The second-order valence-electron chi connectivity index (χ2n) is 3.17. The number of aryl methyl sites for hydroxylation is 1. The molecule has 0 saturated carbocycles. The fraction of sp³-hybridized carbons (Fsp3) is 0.300. The number of hydrogen-bond donors (Lipinski definition) is 1. The number of amides is 1. The van der Waals surface area contributed by atoms with Gasteiger partial charge in [-0.1, -0.05) is 29.8 Å². The molecule has 1 saturated heterocycles. The first kappa shape index (κ1) is 8.63. The van der Waals surface area contributed by atoms with Gasteiger partial charge in [0.2, 0.25) is 5.91 Å². The molecular weight excluding hydrogens is 182 g/mol. The van der Waals surface area contributed by atoms with Gasteiger partial charge in [0.15, 0.2) is 0 Å². The molecule has 1 fully saturated rings. The van der Waals surface area contributed by atoms with E-state index in [1.165, 1.54) is 11.1 Å². The van der Waals surface area contributed by atoms with Crippen LogP contribution in [0, 0.1) is 6.92 Å². The van der Waals surface area contributed by atoms with Crippen molar-refractivity contribution in [2.75, 3.05) is 5.75 Å². The Morgan fingerprint density at radius 1 is 1.38 bits per heavy atom. The molecule has 1 atom stereocenters. The zero-order valence-corrected chi connectivity index (χ0v) is 8.23. The maximum absolute atomic E-state index is 11.0. The predicted molar refractivity (Wildman–Crippen MR) is 54.5 cm³/mol. The molecule has 68 valence electrons. The van der Waals surface area contributed by atoms with Gasteiger partial charge in [-0.25, -0.2) is 0 Å². The second kappa shape index (κ2) is 3.42. The van der Waals surface area contributed by atoms with E-state index in [-0.39, 0.29) is 11.3 Å². The van der Waals surface area contributed by atoms with Crippen LogP contribution in [0.5, 0.6) is 0 Å². The molecule has 1 amide bonds. The molecule has 1 aromatic rings. The molecule has 3 heteroatoms. The van der Waals surface area contributed by atoms with Crippen molar-refractivity contribution in [2.24, 2.45) is 0 Å². The maximum atomic E-state index is 11.0. The summed E-state index contributed by atoms with van der Waals surface area (Å²) in [6.07, 6.45) is 0. The van der Waals surface area contributed by atoms with Gasteiger partial charge in [0, 0.05) is 0 Å². The van der Waals surface area contributed by atoms with E-state index in [1.54, 1.807) is 11.8 Å². The summed E-state index contributed by atoms with van der Waals surface area (Å²) in [7, 11) is 0. The highest BCUT2D eigenvalue weighted by molar-refractivity contribution is 8.00. The fourth-order valence-corrected chi connectivity index (χ4v) is 2.28. The van der Waals surface area contributed by atoms with Gasteiger partial charge in [0.25, 0.3) is 0 Å². The Labute approximate surface area is 81.7 Å². The largest absolute Gasteiger partial charge is 0.339 e. The molecule has 2 rings (SSSR count). The van der Waals surface area contributed by atoms with Crippen LogP contribution in [0.3, 0.4) is 0 Å². The quantitative estimate of drug-likeness (QED) is 0.737. The smallest absolute Gasteiger partial charge is 0.231 e. The van der Waals surface area contributed by atoms with Crippen LogP contribution in [0.1, 0.15) is 16.5 Å². The van der Waals surface area contributed by atoms with Crippen molar-refractivity contribution in [3.63, 3.8) is 0 Å². The topological polar surface area (TPSA) is 29.1 Å². The normalized spacial score (nSPS) is 21.6. The van der Waals surface area contributed by atoms with Crippen molar-refractivity contribution in [1.82, 2.24) is 5.32 Å². The number of rotatable bonds is 1. The molecule has 0 bridgehead atoms. The van der Waals surface area contributed by atoms with Gasteiger partial charge in [-0.2, -0.15) is 0 Å². The van der Waals surface area contributed by atoms with Crippen LogP contribution in [0.4, 0.5) is 0 Å². The van der Waals surface area contributed by atoms with Crippen LogP contribution in [0.25, 0.3) is 0 Å². The zero-order chi connectivity index (χ0) is 9.26. The van der Waals surface area contributed by atoms with E-state index in [4.69, 9.17) is 0 Å². The average molecular weight is 193 g/mol. The summed E-state index contributed by atoms with van der Waals surface area (Å²) >= 11 is 1.65. The summed E-state index contributed by atoms with van der Waals surface area (Å²) in [4.78, 5) is 11.0. The van der Waals surface area contributed by atoms with Crippen molar-refractivity contribution < 1.29 is 4.79 Å². The number of hydrogen-bond acceptors (Lipinski definition) is 2. The summed E-state index contributed by atoms with van der Waals surface area (Å²) in [5, 5.41) is 3.07. The first-order valence-corrected chi connectivity index (χ1v) is 5.28. The zero-order valence-electron chi connectivity index (χ0n) is 7.41. The third kappa shape index (κ3) is 1.86. The SMILES string of the molecule is Cc1ccc([C@@H]2NC(=O)CS2)cc1. The minimum atomic E-state index is 0.135. The maximum Gasteiger partial charge on any atom is 0.231 e. The van der Waals surface area contributed by atoms with Crippen LogP contribution in [-0.4, -0.2) is 11.7 Å². The molecule has 1 aliphatic rings. The van der Waals surface area contributed by atoms with Gasteiger partial charge in [0.1, 0.15) is 5.37 Å². The van der Waals surface area contributed by atoms with Gasteiger partial charge in [0.05, 0.1) is 5.75 Å². The van der Waals surface area contributed by atoms with Crippen molar-refractivity contribution in [3.05, 3.63) is 35.4 Å². The van der Waals surface area contributed by atoms with Gasteiger partial charge < -0.3 is 5.32 Å². The van der Waals surface area contributed by atoms with Gasteiger partial charge in [-0.05, 0) is 12.5 Å². The monoisotopic (exact) mass is 193 g/mol. The van der Waals surface area contributed by atoms with E-state index in [9.17, 15) is 4.79 Å². The van der Waals surface area contributed by atoms with E-state index in [0.717, 1.165) is 0 Å². The fourth-order valence-electron chi connectivity index (χ4n) is 1.31. The van der Waals surface area contributed by atoms with Crippen molar-refractivity contribution in [3.8, 4) is 0 Å². The Bertz CT molecular complexity index is 320. The first-order chi connectivity index (χ1) is 6.25. The summed E-state index contributed by atoms with van der Waals surface area (Å²) in [6.45, 7) is 2.06. The lowest BCUT2D eigenvalue weighted by Gasteiger charge is -2.08. The third-order valence-corrected chi connectivity index (χ3v) is 3.21. The number of benzene rings is 1. The Morgan fingerprint density at radius 3 is 2.62 bits per heavy atom. The average Bonchev–Trinajstić information content (AvgIpc) is 2.53. The van der Waals surface area contributed by atoms with Gasteiger partial charge in [-0.15, -0.1) is 11.8 Å². The molecule has 0 aromatic heterocycles. The molecule has 0 aliphatic carbocycles. The summed E-state index contributed by atoms with van der Waals surface area (Å²) in [5.41, 5.74) is 2.43. The predicted octanol–water partition coefficient (Wildman–Crippen LogP) is 1.86. The van der Waals surface area contributed by atoms with E-state index in [1.807, 2.05) is 0 Å². The molecule has 13 heavy (non-hydrogen) atoms. The highest BCUT2D eigenvalue weighted by Gasteiger charge is 2.22. The van der Waals surface area contributed by atoms with Gasteiger partial charge in [-0.3, -0.25) is 4.79 Å². The molecule has 1 heterocycles. The molecule has 2 nitrogen and oxygen atoms in total. The Balaban J connectivity index is 2.17. The molecule has 1 aliphatic heterocycles. The van der Waals surface area contributed by atoms with Crippen LogP contribution in [0.2, 0.25) is 0 Å². The van der Waals surface area contributed by atoms with Crippen molar-refractivity contribution in [1.29, 1.82) is 0 Å². The van der Waals surface area contributed by atoms with Crippen LogP contribution in [0.15, 0.2) is 24.3 Å². The van der Waals surface area contributed by atoms with Crippen LogP contribution < -0.4 is 5.32 Å². The third-order valence-electron chi connectivity index (χ3n) is 2.05. The van der Waals surface area contributed by atoms with E-state index in [2.05, 4.69) is 36.5 Å². The molecule has 0 unspecified atom stereocenters. The van der Waals surface area contributed by atoms with Crippen LogP contribution in [-0.2, 0) is 4.79 Å². The van der Waals surface area contributed by atoms with Crippen molar-refractivity contribution >= 4 is 17.7 Å². The minimum Gasteiger partial charge on any atom is -0.339 e. The molecular formula is C10H11NOS. The highest BCUT2D eigenvalue weighted by Crippen LogP contribution is 2.30. The molecule has 1 N–H and O–H groups in total. The minimum absolute atomic E-state index is 0.135. The van der Waals surface area contributed by atoms with Crippen molar-refractivity contribution in [2.45, 2.75) is 12.3 Å². The molecule has 0 spiro atoms. The lowest BCUT2D eigenvalue weighted by atomic mass is 10.1. The summed E-state index contributed by atoms with van der Waals surface area (Å²) < 4.78 is 0. The number of carbonyl (C=O) groups is 1. The summed E-state index contributed by atoms with van der Waals surface area (Å²) in [5.74, 6) is 0.717. The van der Waals surface area contributed by atoms with Gasteiger partial charge >= 0.3 is 0 Å².